The van der Waals surface area contributed by atoms with Gasteiger partial charge in [0.2, 0.25) is 5.91 Å². The Labute approximate surface area is 132 Å². The monoisotopic (exact) mass is 324 g/mol. The van der Waals surface area contributed by atoms with E-state index >= 15 is 0 Å². The Morgan fingerprint density at radius 2 is 1.77 bits per heavy atom. The minimum Gasteiger partial charge on any atom is -0.399 e. The number of carbonyl (C=O) groups is 1. The van der Waals surface area contributed by atoms with Gasteiger partial charge in [-0.1, -0.05) is 31.4 Å². The molecule has 0 heterocycles. The van der Waals surface area contributed by atoms with Gasteiger partial charge in [0.1, 0.15) is 5.75 Å². The number of hydrogen-bond donors (Lipinski definition) is 1. The van der Waals surface area contributed by atoms with Gasteiger partial charge in [0.15, 0.2) is 9.84 Å². The topological polar surface area (TPSA) is 80.5 Å². The number of hydrogen-bond acceptors (Lipinski definition) is 4. The number of benzene rings is 1. The molecular formula is C16H24N2O3S. The molecule has 1 aliphatic rings. The summed E-state index contributed by atoms with van der Waals surface area (Å²) in [5.41, 5.74) is 6.83. The van der Waals surface area contributed by atoms with Gasteiger partial charge < -0.3 is 10.6 Å². The van der Waals surface area contributed by atoms with E-state index in [-0.39, 0.29) is 17.7 Å². The largest absolute Gasteiger partial charge is 0.399 e. The van der Waals surface area contributed by atoms with Crippen molar-refractivity contribution < 1.29 is 13.2 Å². The second kappa shape index (κ2) is 7.13. The fourth-order valence-electron chi connectivity index (χ4n) is 2.88. The number of rotatable bonds is 5. The molecule has 22 heavy (non-hydrogen) atoms. The fourth-order valence-corrected chi connectivity index (χ4v) is 4.26. The zero-order valence-electron chi connectivity index (χ0n) is 13.0. The summed E-state index contributed by atoms with van der Waals surface area (Å²) in [4.78, 5) is 13.9. The van der Waals surface area contributed by atoms with Crippen LogP contribution in [0.3, 0.4) is 0 Å². The summed E-state index contributed by atoms with van der Waals surface area (Å²) in [6.45, 7) is 0. The molecule has 0 aromatic heterocycles. The molecule has 6 heteroatoms. The van der Waals surface area contributed by atoms with Crippen LogP contribution >= 0.6 is 0 Å². The van der Waals surface area contributed by atoms with Crippen molar-refractivity contribution in [1.82, 2.24) is 4.90 Å². The van der Waals surface area contributed by atoms with Crippen molar-refractivity contribution in [3.63, 3.8) is 0 Å². The first-order chi connectivity index (χ1) is 10.4. The molecule has 1 saturated carbocycles. The van der Waals surface area contributed by atoms with Gasteiger partial charge in [-0.15, -0.1) is 0 Å². The van der Waals surface area contributed by atoms with E-state index in [4.69, 9.17) is 5.73 Å². The normalized spacial score (nSPS) is 16.4. The Bertz CT molecular complexity index is 605. The molecule has 1 fully saturated rings. The second-order valence-electron chi connectivity index (χ2n) is 6.07. The Morgan fingerprint density at radius 3 is 2.36 bits per heavy atom. The van der Waals surface area contributed by atoms with E-state index in [0.717, 1.165) is 25.7 Å². The molecule has 1 amide bonds. The predicted molar refractivity (Wildman–Crippen MR) is 88.0 cm³/mol. The summed E-state index contributed by atoms with van der Waals surface area (Å²) >= 11 is 0. The number of nitrogens with two attached hydrogens (primary N) is 1. The van der Waals surface area contributed by atoms with E-state index in [1.807, 2.05) is 0 Å². The lowest BCUT2D eigenvalue weighted by atomic mass is 9.94. The van der Waals surface area contributed by atoms with Crippen LogP contribution in [-0.2, 0) is 20.4 Å². The van der Waals surface area contributed by atoms with Gasteiger partial charge in [-0.25, -0.2) is 8.42 Å². The van der Waals surface area contributed by atoms with Gasteiger partial charge in [0.05, 0.1) is 5.75 Å². The second-order valence-corrected chi connectivity index (χ2v) is 8.13. The average Bonchev–Trinajstić information content (AvgIpc) is 2.49. The van der Waals surface area contributed by atoms with Gasteiger partial charge >= 0.3 is 0 Å². The van der Waals surface area contributed by atoms with Crippen LogP contribution in [0.2, 0.25) is 0 Å². The summed E-state index contributed by atoms with van der Waals surface area (Å²) in [6.07, 6.45) is 5.37. The summed E-state index contributed by atoms with van der Waals surface area (Å²) in [7, 11) is -1.74. The lowest BCUT2D eigenvalue weighted by molar-refractivity contribution is -0.129. The molecule has 0 bridgehead atoms. The van der Waals surface area contributed by atoms with E-state index in [2.05, 4.69) is 0 Å². The SMILES string of the molecule is CN(C(=O)CS(=O)(=O)Cc1ccc(N)cc1)C1CCCCC1. The van der Waals surface area contributed by atoms with Crippen LogP contribution in [0.5, 0.6) is 0 Å². The van der Waals surface area contributed by atoms with Gasteiger partial charge in [-0.2, -0.15) is 0 Å². The first kappa shape index (κ1) is 16.8. The van der Waals surface area contributed by atoms with Crippen LogP contribution in [0, 0.1) is 0 Å². The number of sulfone groups is 1. The highest BCUT2D eigenvalue weighted by molar-refractivity contribution is 7.91. The summed E-state index contributed by atoms with van der Waals surface area (Å²) < 4.78 is 24.4. The Kier molecular flexibility index (Phi) is 5.45. The summed E-state index contributed by atoms with van der Waals surface area (Å²) in [5.74, 6) is -0.857. The van der Waals surface area contributed by atoms with Gasteiger partial charge in [-0.3, -0.25) is 4.79 Å². The number of anilines is 1. The Balaban J connectivity index is 1.95. The predicted octanol–water partition coefficient (Wildman–Crippen LogP) is 1.97. The minimum absolute atomic E-state index is 0.127. The molecule has 1 aromatic carbocycles. The van der Waals surface area contributed by atoms with Crippen molar-refractivity contribution in [3.05, 3.63) is 29.8 Å². The molecule has 0 radical (unpaired) electrons. The van der Waals surface area contributed by atoms with E-state index in [1.165, 1.54) is 6.42 Å². The molecule has 0 aliphatic heterocycles. The standard InChI is InChI=1S/C16H24N2O3S/c1-18(15-5-3-2-4-6-15)16(19)12-22(20,21)11-13-7-9-14(17)10-8-13/h7-10,15H,2-6,11-12,17H2,1H3. The van der Waals surface area contributed by atoms with E-state index in [1.54, 1.807) is 36.2 Å². The highest BCUT2D eigenvalue weighted by Crippen LogP contribution is 2.22. The molecule has 1 aliphatic carbocycles. The summed E-state index contributed by atoms with van der Waals surface area (Å²) in [5, 5.41) is 0. The van der Waals surface area contributed by atoms with Crippen molar-refractivity contribution in [1.29, 1.82) is 0 Å². The minimum atomic E-state index is -3.46. The van der Waals surface area contributed by atoms with E-state index in [9.17, 15) is 13.2 Å². The number of nitrogen functional groups attached to an aromatic ring is 1. The van der Waals surface area contributed by atoms with Crippen molar-refractivity contribution in [3.8, 4) is 0 Å². The fraction of sp³-hybridized carbons (Fsp3) is 0.562. The number of nitrogens with zero attached hydrogens (tertiary/aromatic N) is 1. The maximum atomic E-state index is 12.2. The van der Waals surface area contributed by atoms with Gasteiger partial charge in [0.25, 0.3) is 0 Å². The molecule has 0 spiro atoms. The molecular weight excluding hydrogens is 300 g/mol. The first-order valence-electron chi connectivity index (χ1n) is 7.68. The zero-order chi connectivity index (χ0) is 16.2. The molecule has 2 N–H and O–H groups in total. The first-order valence-corrected chi connectivity index (χ1v) is 9.50. The van der Waals surface area contributed by atoms with Crippen molar-refractivity contribution >= 4 is 21.4 Å². The van der Waals surface area contributed by atoms with Gasteiger partial charge in [-0.05, 0) is 30.5 Å². The third-order valence-electron chi connectivity index (χ3n) is 4.23. The van der Waals surface area contributed by atoms with E-state index < -0.39 is 15.6 Å². The lowest BCUT2D eigenvalue weighted by Gasteiger charge is -2.31. The Morgan fingerprint density at radius 1 is 1.18 bits per heavy atom. The molecule has 5 nitrogen and oxygen atoms in total. The number of carbonyl (C=O) groups excluding carboxylic acids is 1. The average molecular weight is 324 g/mol. The molecule has 0 saturated heterocycles. The van der Waals surface area contributed by atoms with Gasteiger partial charge in [0, 0.05) is 18.8 Å². The molecule has 1 aromatic rings. The van der Waals surface area contributed by atoms with Crippen LogP contribution in [0.4, 0.5) is 5.69 Å². The van der Waals surface area contributed by atoms with E-state index in [0.29, 0.717) is 11.3 Å². The van der Waals surface area contributed by atoms with Crippen LogP contribution in [0.15, 0.2) is 24.3 Å². The lowest BCUT2D eigenvalue weighted by Crippen LogP contribution is -2.41. The molecule has 0 unspecified atom stereocenters. The molecule has 122 valence electrons. The van der Waals surface area contributed by atoms with Crippen LogP contribution < -0.4 is 5.73 Å². The number of amides is 1. The third-order valence-corrected chi connectivity index (χ3v) is 5.69. The van der Waals surface area contributed by atoms with Crippen molar-refractivity contribution in [2.75, 3.05) is 18.5 Å². The van der Waals surface area contributed by atoms with Crippen molar-refractivity contribution in [2.24, 2.45) is 0 Å². The summed E-state index contributed by atoms with van der Waals surface area (Å²) in [6, 6.07) is 6.89. The molecule has 0 atom stereocenters. The van der Waals surface area contributed by atoms with Crippen molar-refractivity contribution in [2.45, 2.75) is 43.9 Å². The highest BCUT2D eigenvalue weighted by atomic mass is 32.2. The quantitative estimate of drug-likeness (QED) is 0.840. The third kappa shape index (κ3) is 4.73. The Hall–Kier alpha value is -1.56. The highest BCUT2D eigenvalue weighted by Gasteiger charge is 2.26. The maximum absolute atomic E-state index is 12.2. The zero-order valence-corrected chi connectivity index (χ0v) is 13.8. The smallest absolute Gasteiger partial charge is 0.237 e. The maximum Gasteiger partial charge on any atom is 0.237 e. The van der Waals surface area contributed by atoms with Crippen LogP contribution in [-0.4, -0.2) is 38.1 Å². The van der Waals surface area contributed by atoms with Crippen LogP contribution in [0.25, 0.3) is 0 Å². The molecule has 2 rings (SSSR count). The van der Waals surface area contributed by atoms with Crippen LogP contribution in [0.1, 0.15) is 37.7 Å².